The maximum absolute atomic E-state index is 10.2. The number of nitrogens with two attached hydrogens (primary N) is 4. The molecule has 6 atom stereocenters. The molecule has 0 aliphatic carbocycles. The molecular weight excluding hydrogens is 492 g/mol. The Kier molecular flexibility index (Phi) is 24.5. The van der Waals surface area contributed by atoms with E-state index in [1.807, 2.05) is 13.8 Å². The summed E-state index contributed by atoms with van der Waals surface area (Å²) in [5, 5.41) is 57.2. The molecule has 0 spiro atoms. The Morgan fingerprint density at radius 2 is 1.03 bits per heavy atom. The van der Waals surface area contributed by atoms with Crippen molar-refractivity contribution in [2.45, 2.75) is 76.7 Å². The van der Waals surface area contributed by atoms with E-state index in [0.29, 0.717) is 0 Å². The summed E-state index contributed by atoms with van der Waals surface area (Å²) in [5.74, 6) is -6.72. The number of carboxylic acids is 6. The van der Waals surface area contributed by atoms with Crippen LogP contribution in [0.5, 0.6) is 0 Å². The summed E-state index contributed by atoms with van der Waals surface area (Å²) < 4.78 is 0. The van der Waals surface area contributed by atoms with E-state index in [1.165, 1.54) is 6.92 Å². The van der Waals surface area contributed by atoms with Gasteiger partial charge in [0.2, 0.25) is 0 Å². The maximum atomic E-state index is 10.2. The molecule has 0 bridgehead atoms. The number of hydrogen-bond donors (Lipinski definition) is 11. The highest BCUT2D eigenvalue weighted by Gasteiger charge is 2.17. The van der Waals surface area contributed by atoms with Gasteiger partial charge in [-0.05, 0) is 19.3 Å². The second-order valence-electron chi connectivity index (χ2n) is 7.27. The first-order chi connectivity index (χ1) is 16.2. The molecule has 0 amide bonds. The average molecular weight is 531 g/mol. The lowest BCUT2D eigenvalue weighted by atomic mass is 10.0. The third-order valence-corrected chi connectivity index (χ3v) is 4.05. The van der Waals surface area contributed by atoms with Gasteiger partial charge >= 0.3 is 35.8 Å². The van der Waals surface area contributed by atoms with Crippen molar-refractivity contribution in [2.75, 3.05) is 0 Å². The molecule has 15 N–H and O–H groups in total. The molecule has 0 saturated carbocycles. The van der Waals surface area contributed by atoms with Crippen molar-refractivity contribution < 1.29 is 64.5 Å². The molecule has 17 nitrogen and oxygen atoms in total. The Morgan fingerprint density at radius 1 is 0.639 bits per heavy atom. The first-order valence-corrected chi connectivity index (χ1v) is 10.3. The Labute approximate surface area is 206 Å². The summed E-state index contributed by atoms with van der Waals surface area (Å²) in [7, 11) is 0. The fourth-order valence-electron chi connectivity index (χ4n) is 1.38. The molecule has 0 rings (SSSR count). The summed E-state index contributed by atoms with van der Waals surface area (Å²) in [6.45, 7) is 5.09. The van der Waals surface area contributed by atoms with Gasteiger partial charge in [0.15, 0.2) is 0 Å². The topological polar surface area (TPSA) is 348 Å². The Bertz CT molecular complexity index is 703. The molecule has 17 heteroatoms. The fraction of sp³-hybridized carbons (Fsp3) is 0.684. The molecule has 212 valence electrons. The van der Waals surface area contributed by atoms with Crippen LogP contribution in [0.15, 0.2) is 0 Å². The first-order valence-electron chi connectivity index (χ1n) is 10.3. The third-order valence-electron chi connectivity index (χ3n) is 4.05. The third kappa shape index (κ3) is 26.9. The molecule has 0 aromatic carbocycles. The molecule has 0 aliphatic heterocycles. The predicted molar refractivity (Wildman–Crippen MR) is 123 cm³/mol. The van der Waals surface area contributed by atoms with E-state index in [4.69, 9.17) is 58.7 Å². The second-order valence-corrected chi connectivity index (χ2v) is 7.27. The number of rotatable bonds is 12. The van der Waals surface area contributed by atoms with Crippen LogP contribution < -0.4 is 22.9 Å². The van der Waals surface area contributed by atoms with E-state index < -0.39 is 72.5 Å². The van der Waals surface area contributed by atoms with Gasteiger partial charge in [-0.25, -0.2) is 0 Å². The predicted octanol–water partition coefficient (Wildman–Crippen LogP) is -2.64. The molecule has 0 heterocycles. The molecule has 0 radical (unpaired) electrons. The van der Waals surface area contributed by atoms with Crippen molar-refractivity contribution in [3.05, 3.63) is 0 Å². The Morgan fingerprint density at radius 3 is 1.17 bits per heavy atom. The van der Waals surface area contributed by atoms with Crippen molar-refractivity contribution >= 4 is 35.8 Å². The summed E-state index contributed by atoms with van der Waals surface area (Å²) in [6, 6.07) is -4.21. The van der Waals surface area contributed by atoms with Crippen LogP contribution in [0.25, 0.3) is 0 Å². The van der Waals surface area contributed by atoms with Crippen LogP contribution >= 0.6 is 0 Å². The van der Waals surface area contributed by atoms with E-state index in [9.17, 15) is 28.8 Å². The van der Waals surface area contributed by atoms with Crippen LogP contribution in [0.1, 0.15) is 46.5 Å². The van der Waals surface area contributed by atoms with Crippen molar-refractivity contribution in [2.24, 2.45) is 28.9 Å². The fourth-order valence-corrected chi connectivity index (χ4v) is 1.38. The van der Waals surface area contributed by atoms with Gasteiger partial charge in [-0.15, -0.1) is 0 Å². The molecule has 0 saturated heterocycles. The summed E-state index contributed by atoms with van der Waals surface area (Å²) >= 11 is 0. The average Bonchev–Trinajstić information content (AvgIpc) is 2.76. The zero-order chi connectivity index (χ0) is 29.8. The van der Waals surface area contributed by atoms with Crippen LogP contribution in [0, 0.1) is 5.92 Å². The summed E-state index contributed by atoms with van der Waals surface area (Å²) in [6.07, 6.45) is -0.923. The zero-order valence-electron chi connectivity index (χ0n) is 20.2. The molecule has 36 heavy (non-hydrogen) atoms. The highest BCUT2D eigenvalue weighted by molar-refractivity contribution is 5.80. The number of aliphatic hydroxyl groups excluding tert-OH is 1. The van der Waals surface area contributed by atoms with Gasteiger partial charge in [-0.1, -0.05) is 20.3 Å². The van der Waals surface area contributed by atoms with Gasteiger partial charge in [0.1, 0.15) is 24.2 Å². The standard InChI is InChI=1S/C6H13NO2.C5H9NO4.C4H7NO4.C4H9NO3/c1-3-4(2)5(7)6(8)9;6-3(5(9)10)1-2-4(7)8;5-2(4(8)9)1-3(6)7;1-2(6)3(5)4(7)8/h4-5H,3,7H2,1-2H3,(H,8,9);3H,1-2,6H2,(H,7,8)(H,9,10);2H,1,5H2,(H,6,7)(H,8,9);2-3,6H,5H2,1H3,(H,7,8)/t4-,5-;3-;2-;2-,3+/m0001/s1. The molecule has 0 fully saturated rings. The number of carbonyl (C=O) groups is 6. The van der Waals surface area contributed by atoms with Crippen LogP contribution in [-0.2, 0) is 28.8 Å². The molecular formula is C19H38N4O13. The summed E-state index contributed by atoms with van der Waals surface area (Å²) in [4.78, 5) is 59.5. The minimum absolute atomic E-state index is 0.0231. The lowest BCUT2D eigenvalue weighted by Crippen LogP contribution is -2.39. The zero-order valence-corrected chi connectivity index (χ0v) is 20.2. The molecule has 0 aromatic heterocycles. The van der Waals surface area contributed by atoms with Gasteiger partial charge in [-0.2, -0.15) is 0 Å². The Hall–Kier alpha value is -3.38. The monoisotopic (exact) mass is 530 g/mol. The van der Waals surface area contributed by atoms with Crippen LogP contribution in [-0.4, -0.2) is 102 Å². The van der Waals surface area contributed by atoms with Gasteiger partial charge < -0.3 is 58.7 Å². The number of carboxylic acid groups (broad SMARTS) is 6. The van der Waals surface area contributed by atoms with Crippen molar-refractivity contribution in [3.63, 3.8) is 0 Å². The number of hydrogen-bond acceptors (Lipinski definition) is 11. The van der Waals surface area contributed by atoms with Crippen LogP contribution in [0.4, 0.5) is 0 Å². The van der Waals surface area contributed by atoms with Crippen molar-refractivity contribution in [3.8, 4) is 0 Å². The highest BCUT2D eigenvalue weighted by Crippen LogP contribution is 2.04. The highest BCUT2D eigenvalue weighted by atomic mass is 16.4. The smallest absolute Gasteiger partial charge is 0.323 e. The maximum Gasteiger partial charge on any atom is 0.323 e. The SMILES string of the molecule is CC[C@H](C)[C@H](N)C(=O)O.C[C@@H](O)[C@H](N)C(=O)O.N[C@@H](CC(=O)O)C(=O)O.N[C@@H](CCC(=O)O)C(=O)O. The summed E-state index contributed by atoms with van der Waals surface area (Å²) in [5.41, 5.74) is 20.0. The lowest BCUT2D eigenvalue weighted by molar-refractivity contribution is -0.144. The minimum atomic E-state index is -1.29. The van der Waals surface area contributed by atoms with E-state index in [1.54, 1.807) is 0 Å². The van der Waals surface area contributed by atoms with Crippen LogP contribution in [0.2, 0.25) is 0 Å². The van der Waals surface area contributed by atoms with Gasteiger partial charge in [0.25, 0.3) is 0 Å². The number of aliphatic hydroxyl groups is 1. The van der Waals surface area contributed by atoms with E-state index >= 15 is 0 Å². The molecule has 0 aliphatic rings. The van der Waals surface area contributed by atoms with E-state index in [2.05, 4.69) is 0 Å². The quantitative estimate of drug-likeness (QED) is 0.123. The van der Waals surface area contributed by atoms with Crippen molar-refractivity contribution in [1.29, 1.82) is 0 Å². The largest absolute Gasteiger partial charge is 0.481 e. The lowest BCUT2D eigenvalue weighted by Gasteiger charge is -2.11. The number of aliphatic carboxylic acids is 6. The van der Waals surface area contributed by atoms with Gasteiger partial charge in [-0.3, -0.25) is 28.8 Å². The van der Waals surface area contributed by atoms with Crippen LogP contribution in [0.3, 0.4) is 0 Å². The normalized spacial score (nSPS) is 14.7. The van der Waals surface area contributed by atoms with E-state index in [-0.39, 0.29) is 18.8 Å². The second kappa shape index (κ2) is 22.1. The molecule has 0 unspecified atom stereocenters. The minimum Gasteiger partial charge on any atom is -0.481 e. The first kappa shape index (κ1) is 39.8. The molecule has 0 aromatic rings. The van der Waals surface area contributed by atoms with Gasteiger partial charge in [0, 0.05) is 6.42 Å². The van der Waals surface area contributed by atoms with Gasteiger partial charge in [0.05, 0.1) is 12.5 Å². The van der Waals surface area contributed by atoms with Crippen molar-refractivity contribution in [1.82, 2.24) is 0 Å². The van der Waals surface area contributed by atoms with E-state index in [0.717, 1.165) is 6.42 Å². The Balaban J connectivity index is -0.000000190.